The van der Waals surface area contributed by atoms with E-state index < -0.39 is 20.7 Å². The minimum atomic E-state index is -3.52. The van der Waals surface area contributed by atoms with Crippen LogP contribution < -0.4 is 0 Å². The monoisotopic (exact) mass is 343 g/mol. The fraction of sp³-hybridized carbons (Fsp3) is 0. The third-order valence-electron chi connectivity index (χ3n) is 3.77. The number of hydrogen-bond acceptors (Lipinski definition) is 2. The van der Waals surface area contributed by atoms with E-state index >= 15 is 0 Å². The Bertz CT molecular complexity index is 942. The van der Waals surface area contributed by atoms with Crippen molar-refractivity contribution in [1.82, 2.24) is 0 Å². The largest absolute Gasteiger partial charge is 0.218 e. The fourth-order valence-electron chi connectivity index (χ4n) is 2.74. The van der Waals surface area contributed by atoms with Crippen molar-refractivity contribution in [3.8, 4) is 0 Å². The van der Waals surface area contributed by atoms with Gasteiger partial charge in [0.15, 0.2) is 14.7 Å². The first-order chi connectivity index (χ1) is 11.1. The zero-order chi connectivity index (χ0) is 16.0. The lowest BCUT2D eigenvalue weighted by atomic mass is 10.3. The summed E-state index contributed by atoms with van der Waals surface area (Å²) in [5, 5.41) is 0. The van der Waals surface area contributed by atoms with E-state index in [9.17, 15) is 12.8 Å². The Morgan fingerprint density at radius 2 is 1.17 bits per heavy atom. The zero-order valence-electron chi connectivity index (χ0n) is 11.9. The van der Waals surface area contributed by atoms with Gasteiger partial charge in [-0.25, -0.2) is 12.8 Å². The van der Waals surface area contributed by atoms with E-state index in [-0.39, 0.29) is 5.82 Å². The molecule has 0 aromatic heterocycles. The van der Waals surface area contributed by atoms with Crippen LogP contribution in [0.3, 0.4) is 0 Å². The number of rotatable bonds is 1. The first-order valence-electron chi connectivity index (χ1n) is 7.02. The molecule has 0 radical (unpaired) electrons. The molecule has 2 nitrogen and oxygen atoms in total. The van der Waals surface area contributed by atoms with Gasteiger partial charge in [0, 0.05) is 0 Å². The van der Waals surface area contributed by atoms with E-state index in [0.717, 1.165) is 14.7 Å². The maximum absolute atomic E-state index is 13.3. The van der Waals surface area contributed by atoms with Crippen LogP contribution in [0.1, 0.15) is 0 Å². The molecule has 0 unspecified atom stereocenters. The Morgan fingerprint density at radius 3 is 1.70 bits per heavy atom. The topological polar surface area (TPSA) is 34.1 Å². The van der Waals surface area contributed by atoms with Crippen molar-refractivity contribution in [3.63, 3.8) is 0 Å². The van der Waals surface area contributed by atoms with Crippen LogP contribution in [-0.2, 0) is 20.7 Å². The predicted octanol–water partition coefficient (Wildman–Crippen LogP) is 4.07. The highest BCUT2D eigenvalue weighted by molar-refractivity contribution is 8.00. The molecule has 0 amide bonds. The molecule has 0 spiro atoms. The van der Waals surface area contributed by atoms with Crippen molar-refractivity contribution < 1.29 is 12.8 Å². The van der Waals surface area contributed by atoms with Gasteiger partial charge in [-0.2, -0.15) is 0 Å². The first-order valence-corrected chi connectivity index (χ1v) is 9.73. The highest BCUT2D eigenvalue weighted by Gasteiger charge is 2.44. The van der Waals surface area contributed by atoms with Crippen molar-refractivity contribution in [2.24, 2.45) is 0 Å². The second-order valence-corrected chi connectivity index (χ2v) is 9.01. The van der Waals surface area contributed by atoms with E-state index in [0.29, 0.717) is 9.79 Å². The number of benzene rings is 3. The zero-order valence-corrected chi connectivity index (χ0v) is 13.6. The molecule has 3 aromatic carbocycles. The Balaban J connectivity index is 2.06. The molecule has 23 heavy (non-hydrogen) atoms. The number of halogens is 1. The molecule has 0 saturated carbocycles. The summed E-state index contributed by atoms with van der Waals surface area (Å²) in [4.78, 5) is 3.11. The van der Waals surface area contributed by atoms with Gasteiger partial charge in [-0.05, 0) is 48.5 Å². The molecule has 3 aromatic rings. The average molecular weight is 343 g/mol. The minimum absolute atomic E-state index is 0.302. The molecule has 4 rings (SSSR count). The van der Waals surface area contributed by atoms with Crippen LogP contribution in [0.15, 0.2) is 97.3 Å². The van der Waals surface area contributed by atoms with Gasteiger partial charge in [-0.3, -0.25) is 0 Å². The summed E-state index contributed by atoms with van der Waals surface area (Å²) >= 11 is 0. The van der Waals surface area contributed by atoms with Crippen LogP contribution in [0.5, 0.6) is 0 Å². The highest BCUT2D eigenvalue weighted by Crippen LogP contribution is 2.44. The molecule has 0 fully saturated rings. The molecule has 1 aliphatic rings. The smallest absolute Gasteiger partial charge is 0.216 e. The van der Waals surface area contributed by atoms with Crippen LogP contribution in [0.4, 0.5) is 4.39 Å². The third kappa shape index (κ3) is 2.19. The van der Waals surface area contributed by atoms with Gasteiger partial charge in [0.2, 0.25) is 9.84 Å². The number of sulfone groups is 1. The molecule has 0 aliphatic carbocycles. The maximum atomic E-state index is 13.3. The predicted molar refractivity (Wildman–Crippen MR) is 86.9 cm³/mol. The van der Waals surface area contributed by atoms with Crippen LogP contribution in [0.25, 0.3) is 0 Å². The highest BCUT2D eigenvalue weighted by atomic mass is 32.2. The first kappa shape index (κ1) is 14.5. The van der Waals surface area contributed by atoms with Crippen molar-refractivity contribution in [3.05, 3.63) is 78.6 Å². The summed E-state index contributed by atoms with van der Waals surface area (Å²) in [7, 11) is -4.08. The van der Waals surface area contributed by atoms with Crippen LogP contribution in [0.2, 0.25) is 0 Å². The van der Waals surface area contributed by atoms with Crippen molar-refractivity contribution in [1.29, 1.82) is 0 Å². The van der Waals surface area contributed by atoms with E-state index in [1.807, 2.05) is 24.3 Å². The van der Waals surface area contributed by atoms with Crippen molar-refractivity contribution in [2.45, 2.75) is 24.5 Å². The van der Waals surface area contributed by atoms with Crippen LogP contribution in [0, 0.1) is 5.82 Å². The average Bonchev–Trinajstić information content (AvgIpc) is 2.57. The van der Waals surface area contributed by atoms with Gasteiger partial charge in [-0.1, -0.05) is 24.3 Å². The van der Waals surface area contributed by atoms with Gasteiger partial charge in [-0.15, -0.1) is 0 Å². The second-order valence-electron chi connectivity index (χ2n) is 5.16. The Hall–Kier alpha value is -2.11. The Morgan fingerprint density at radius 1 is 0.696 bits per heavy atom. The lowest BCUT2D eigenvalue weighted by molar-refractivity contribution is 0.590. The molecule has 1 heterocycles. The molecule has 0 atom stereocenters. The summed E-state index contributed by atoms with van der Waals surface area (Å²) in [6.45, 7) is 0. The quantitative estimate of drug-likeness (QED) is 0.488. The van der Waals surface area contributed by atoms with E-state index in [4.69, 9.17) is 0 Å². The van der Waals surface area contributed by atoms with Gasteiger partial charge in [0.05, 0.1) is 0 Å². The summed E-state index contributed by atoms with van der Waals surface area (Å²) in [6, 6.07) is 20.4. The summed E-state index contributed by atoms with van der Waals surface area (Å²) in [5.74, 6) is -0.302. The Labute approximate surface area is 136 Å². The van der Waals surface area contributed by atoms with Gasteiger partial charge in [0.1, 0.15) is 26.5 Å². The van der Waals surface area contributed by atoms with Crippen molar-refractivity contribution >= 4 is 20.7 Å². The molecule has 0 saturated heterocycles. The van der Waals surface area contributed by atoms with Gasteiger partial charge in [0.25, 0.3) is 0 Å². The van der Waals surface area contributed by atoms with Gasteiger partial charge < -0.3 is 0 Å². The molecular weight excluding hydrogens is 331 g/mol. The van der Waals surface area contributed by atoms with E-state index in [1.165, 1.54) is 12.1 Å². The number of fused-ring (bicyclic) bond motifs is 2. The van der Waals surface area contributed by atoms with Gasteiger partial charge >= 0.3 is 0 Å². The third-order valence-corrected chi connectivity index (χ3v) is 8.23. The summed E-state index contributed by atoms with van der Waals surface area (Å²) < 4.78 is 39.0. The van der Waals surface area contributed by atoms with Crippen LogP contribution in [-0.4, -0.2) is 8.42 Å². The molecular formula is C18H12FO2S2+. The molecule has 114 valence electrons. The second kappa shape index (κ2) is 5.22. The molecule has 0 N–H and O–H groups in total. The van der Waals surface area contributed by atoms with E-state index in [2.05, 4.69) is 0 Å². The maximum Gasteiger partial charge on any atom is 0.216 e. The molecule has 0 bridgehead atoms. The fourth-order valence-corrected chi connectivity index (χ4v) is 7.44. The standard InChI is InChI=1S/C18H12FO2S2/c19-13-9-11-14(12-10-13)22-15-5-1-3-7-17(15)23(20,21)18-8-4-2-6-16(18)22/h1-12H/q+1. The summed E-state index contributed by atoms with van der Waals surface area (Å²) in [5.41, 5.74) is 0. The lowest BCUT2D eigenvalue weighted by Crippen LogP contribution is -2.20. The van der Waals surface area contributed by atoms with E-state index in [1.54, 1.807) is 36.4 Å². The lowest BCUT2D eigenvalue weighted by Gasteiger charge is -2.19. The SMILES string of the molecule is O=S1(=O)c2ccccc2[S+](c2ccc(F)cc2)c2ccccc21. The molecule has 5 heteroatoms. The number of hydrogen-bond donors (Lipinski definition) is 0. The van der Waals surface area contributed by atoms with Crippen molar-refractivity contribution in [2.75, 3.05) is 0 Å². The normalized spacial score (nSPS) is 15.7. The van der Waals surface area contributed by atoms with Crippen LogP contribution >= 0.6 is 0 Å². The summed E-state index contributed by atoms with van der Waals surface area (Å²) in [6.07, 6.45) is 0. The minimum Gasteiger partial charge on any atom is -0.218 e. The molecule has 1 aliphatic heterocycles. The Kier molecular flexibility index (Phi) is 3.28.